The molecule has 3 aromatic rings. The third-order valence-electron chi connectivity index (χ3n) is 3.91. The number of nitrogens with one attached hydrogen (secondary N) is 1. The van der Waals surface area contributed by atoms with Crippen LogP contribution in [0.15, 0.2) is 66.9 Å². The molecule has 26 heavy (non-hydrogen) atoms. The lowest BCUT2D eigenvalue weighted by molar-refractivity contribution is -0.120. The Hall–Kier alpha value is -2.97. The summed E-state index contributed by atoms with van der Waals surface area (Å²) in [6.07, 6.45) is 1.87. The zero-order valence-corrected chi connectivity index (χ0v) is 14.1. The molecule has 0 aliphatic rings. The third kappa shape index (κ3) is 4.78. The number of nitrogens with zero attached hydrogens (tertiary/aromatic N) is 3. The third-order valence-corrected chi connectivity index (χ3v) is 3.91. The first kappa shape index (κ1) is 17.8. The van der Waals surface area contributed by atoms with Gasteiger partial charge in [0.1, 0.15) is 5.69 Å². The normalized spacial score (nSPS) is 11.8. The lowest BCUT2D eigenvalue weighted by Crippen LogP contribution is -2.49. The van der Waals surface area contributed by atoms with Gasteiger partial charge in [-0.1, -0.05) is 65.9 Å². The lowest BCUT2D eigenvalue weighted by Gasteiger charge is -2.17. The molecule has 0 spiro atoms. The number of hydrogen-bond acceptors (Lipinski definition) is 5. The lowest BCUT2D eigenvalue weighted by atomic mass is 9.79. The molecule has 0 saturated carbocycles. The predicted octanol–water partition coefficient (Wildman–Crippen LogP) is 0.685. The molecule has 0 unspecified atom stereocenters. The van der Waals surface area contributed by atoms with Crippen LogP contribution in [0.2, 0.25) is 0 Å². The van der Waals surface area contributed by atoms with Crippen molar-refractivity contribution < 1.29 is 14.8 Å². The van der Waals surface area contributed by atoms with Gasteiger partial charge in [0, 0.05) is 5.56 Å². The van der Waals surface area contributed by atoms with Crippen LogP contribution in [0.5, 0.6) is 0 Å². The Morgan fingerprint density at radius 2 is 1.73 bits per heavy atom. The first-order chi connectivity index (χ1) is 12.6. The molecule has 0 aliphatic carbocycles. The maximum Gasteiger partial charge on any atom is 0.477 e. The minimum atomic E-state index is -1.71. The van der Waals surface area contributed by atoms with E-state index in [-0.39, 0.29) is 18.9 Å². The van der Waals surface area contributed by atoms with E-state index in [0.29, 0.717) is 5.69 Å². The van der Waals surface area contributed by atoms with E-state index in [1.807, 2.05) is 60.7 Å². The van der Waals surface area contributed by atoms with Crippen LogP contribution in [-0.4, -0.2) is 44.0 Å². The second-order valence-corrected chi connectivity index (χ2v) is 5.94. The van der Waals surface area contributed by atoms with Crippen LogP contribution in [0.3, 0.4) is 0 Å². The van der Waals surface area contributed by atoms with Crippen LogP contribution in [0.1, 0.15) is 5.56 Å². The van der Waals surface area contributed by atoms with E-state index in [1.165, 1.54) is 4.68 Å². The minimum Gasteiger partial charge on any atom is -0.426 e. The highest BCUT2D eigenvalue weighted by Gasteiger charge is 2.26. The van der Waals surface area contributed by atoms with Crippen LogP contribution in [0.25, 0.3) is 11.3 Å². The maximum absolute atomic E-state index is 12.2. The van der Waals surface area contributed by atoms with Gasteiger partial charge in [0.2, 0.25) is 5.91 Å². The fourth-order valence-corrected chi connectivity index (χ4v) is 2.58. The van der Waals surface area contributed by atoms with Crippen molar-refractivity contribution in [2.45, 2.75) is 18.9 Å². The van der Waals surface area contributed by atoms with Gasteiger partial charge in [-0.05, 0) is 5.56 Å². The van der Waals surface area contributed by atoms with Gasteiger partial charge in [0.25, 0.3) is 0 Å². The molecule has 0 radical (unpaired) electrons. The SMILES string of the molecule is O=C(Cc1ccccc1)N[C@@H](Cn1cc(-c2ccccc2)nn1)B(O)O. The molecule has 3 rings (SSSR count). The van der Waals surface area contributed by atoms with E-state index in [0.717, 1.165) is 11.1 Å². The number of rotatable bonds is 7. The summed E-state index contributed by atoms with van der Waals surface area (Å²) < 4.78 is 1.48. The number of carbonyl (C=O) groups is 1. The zero-order chi connectivity index (χ0) is 18.4. The summed E-state index contributed by atoms with van der Waals surface area (Å²) in [7, 11) is -1.71. The second kappa shape index (κ2) is 8.42. The van der Waals surface area contributed by atoms with Crippen molar-refractivity contribution in [1.29, 1.82) is 0 Å². The van der Waals surface area contributed by atoms with Gasteiger partial charge in [-0.15, -0.1) is 5.10 Å². The molecule has 8 heteroatoms. The molecule has 1 heterocycles. The second-order valence-electron chi connectivity index (χ2n) is 5.94. The van der Waals surface area contributed by atoms with Crippen molar-refractivity contribution >= 4 is 13.0 Å². The smallest absolute Gasteiger partial charge is 0.426 e. The minimum absolute atomic E-state index is 0.0953. The maximum atomic E-state index is 12.2. The molecule has 0 fully saturated rings. The number of amides is 1. The molecule has 1 atom stereocenters. The molecular formula is C18H19BN4O3. The summed E-state index contributed by atoms with van der Waals surface area (Å²) in [5, 5.41) is 29.9. The molecule has 2 aromatic carbocycles. The summed E-state index contributed by atoms with van der Waals surface area (Å²) in [6, 6.07) is 18.8. The predicted molar refractivity (Wildman–Crippen MR) is 97.7 cm³/mol. The van der Waals surface area contributed by atoms with Crippen molar-refractivity contribution in [1.82, 2.24) is 20.3 Å². The van der Waals surface area contributed by atoms with Gasteiger partial charge >= 0.3 is 7.12 Å². The monoisotopic (exact) mass is 350 g/mol. The molecular weight excluding hydrogens is 331 g/mol. The van der Waals surface area contributed by atoms with Crippen LogP contribution >= 0.6 is 0 Å². The van der Waals surface area contributed by atoms with E-state index in [1.54, 1.807) is 6.20 Å². The van der Waals surface area contributed by atoms with E-state index < -0.39 is 13.1 Å². The van der Waals surface area contributed by atoms with E-state index in [2.05, 4.69) is 15.6 Å². The van der Waals surface area contributed by atoms with Gasteiger partial charge in [-0.3, -0.25) is 9.48 Å². The molecule has 1 aromatic heterocycles. The summed E-state index contributed by atoms with van der Waals surface area (Å²) in [4.78, 5) is 12.2. The van der Waals surface area contributed by atoms with Gasteiger partial charge in [0.15, 0.2) is 0 Å². The highest BCUT2D eigenvalue weighted by Crippen LogP contribution is 2.15. The van der Waals surface area contributed by atoms with E-state index in [9.17, 15) is 14.8 Å². The average molecular weight is 350 g/mol. The molecule has 132 valence electrons. The van der Waals surface area contributed by atoms with Crippen LogP contribution in [-0.2, 0) is 17.8 Å². The molecule has 0 saturated heterocycles. The Balaban J connectivity index is 1.64. The van der Waals surface area contributed by atoms with Crippen molar-refractivity contribution in [3.05, 3.63) is 72.4 Å². The van der Waals surface area contributed by atoms with Gasteiger partial charge in [-0.25, -0.2) is 0 Å². The Kier molecular flexibility index (Phi) is 5.78. The molecule has 0 aliphatic heterocycles. The molecule has 7 nitrogen and oxygen atoms in total. The highest BCUT2D eigenvalue weighted by molar-refractivity contribution is 6.43. The zero-order valence-electron chi connectivity index (χ0n) is 14.1. The van der Waals surface area contributed by atoms with Crippen LogP contribution in [0.4, 0.5) is 0 Å². The molecule has 0 bridgehead atoms. The fraction of sp³-hybridized carbons (Fsp3) is 0.167. The Morgan fingerprint density at radius 1 is 1.08 bits per heavy atom. The van der Waals surface area contributed by atoms with Crippen molar-refractivity contribution in [2.75, 3.05) is 0 Å². The first-order valence-electron chi connectivity index (χ1n) is 8.27. The standard InChI is InChI=1S/C18H19BN4O3/c24-18(11-14-7-3-1-4-8-14)20-17(19(25)26)13-23-12-16(21-22-23)15-9-5-2-6-10-15/h1-10,12,17,25-26H,11,13H2,(H,20,24)/t17-/m0/s1. The largest absolute Gasteiger partial charge is 0.477 e. The molecule has 1 amide bonds. The topological polar surface area (TPSA) is 100 Å². The van der Waals surface area contributed by atoms with Gasteiger partial charge in [0.05, 0.1) is 25.1 Å². The summed E-state index contributed by atoms with van der Waals surface area (Å²) >= 11 is 0. The Bertz CT molecular complexity index is 840. The van der Waals surface area contributed by atoms with Crippen molar-refractivity contribution in [3.8, 4) is 11.3 Å². The summed E-state index contributed by atoms with van der Waals surface area (Å²) in [5.41, 5.74) is 2.43. The number of hydrogen-bond donors (Lipinski definition) is 3. The number of benzene rings is 2. The summed E-state index contributed by atoms with van der Waals surface area (Å²) in [5.74, 6) is -1.19. The Labute approximate surface area is 151 Å². The Morgan fingerprint density at radius 3 is 2.38 bits per heavy atom. The summed E-state index contributed by atoms with van der Waals surface area (Å²) in [6.45, 7) is 0.0953. The quantitative estimate of drug-likeness (QED) is 0.544. The van der Waals surface area contributed by atoms with Gasteiger partial charge in [-0.2, -0.15) is 0 Å². The highest BCUT2D eigenvalue weighted by atomic mass is 16.4. The van der Waals surface area contributed by atoms with E-state index in [4.69, 9.17) is 0 Å². The average Bonchev–Trinajstić information content (AvgIpc) is 3.11. The van der Waals surface area contributed by atoms with Crippen LogP contribution in [0, 0.1) is 0 Å². The van der Waals surface area contributed by atoms with Crippen molar-refractivity contribution in [2.24, 2.45) is 0 Å². The fourth-order valence-electron chi connectivity index (χ4n) is 2.58. The number of aromatic nitrogens is 3. The first-order valence-corrected chi connectivity index (χ1v) is 8.27. The van der Waals surface area contributed by atoms with Gasteiger partial charge < -0.3 is 15.4 Å². The van der Waals surface area contributed by atoms with Crippen molar-refractivity contribution in [3.63, 3.8) is 0 Å². The number of carbonyl (C=O) groups excluding carboxylic acids is 1. The molecule has 3 N–H and O–H groups in total. The van der Waals surface area contributed by atoms with E-state index >= 15 is 0 Å². The van der Waals surface area contributed by atoms with Crippen LogP contribution < -0.4 is 5.32 Å².